The van der Waals surface area contributed by atoms with Gasteiger partial charge in [-0.05, 0) is 83.5 Å². The molecule has 0 radical (unpaired) electrons. The van der Waals surface area contributed by atoms with Crippen molar-refractivity contribution in [3.05, 3.63) is 10.6 Å². The van der Waals surface area contributed by atoms with Crippen molar-refractivity contribution in [3.8, 4) is 23.6 Å². The lowest BCUT2D eigenvalue weighted by Gasteiger charge is -2.34. The van der Waals surface area contributed by atoms with Gasteiger partial charge >= 0.3 is 5.76 Å². The van der Waals surface area contributed by atoms with Gasteiger partial charge in [-0.15, -0.1) is 0 Å². The van der Waals surface area contributed by atoms with E-state index < -0.39 is 5.76 Å². The van der Waals surface area contributed by atoms with E-state index in [0.717, 1.165) is 49.6 Å². The highest BCUT2D eigenvalue weighted by molar-refractivity contribution is 5.88. The molecule has 2 N–H and O–H groups in total. The number of nitrogens with zero attached hydrogens (tertiary/aromatic N) is 6. The van der Waals surface area contributed by atoms with Crippen LogP contribution < -0.4 is 16.0 Å². The van der Waals surface area contributed by atoms with Gasteiger partial charge in [0.15, 0.2) is 11.5 Å². The van der Waals surface area contributed by atoms with Crippen molar-refractivity contribution in [2.75, 3.05) is 16.8 Å². The first-order valence-corrected chi connectivity index (χ1v) is 14.4. The molecule has 0 bridgehead atoms. The summed E-state index contributed by atoms with van der Waals surface area (Å²) in [5.41, 5.74) is 1.33. The molecule has 2 aliphatic carbocycles. The Labute approximate surface area is 223 Å². The summed E-state index contributed by atoms with van der Waals surface area (Å²) in [6.45, 7) is 7.73. The minimum Gasteiger partial charge on any atom is -0.365 e. The molecule has 2 saturated carbocycles. The molecule has 4 heterocycles. The molecule has 3 aliphatic rings. The van der Waals surface area contributed by atoms with Gasteiger partial charge in [0.1, 0.15) is 5.52 Å². The number of piperidine rings is 1. The smallest absolute Gasteiger partial charge is 0.365 e. The lowest BCUT2D eigenvalue weighted by Crippen LogP contribution is -2.39. The number of imidazole rings is 1. The summed E-state index contributed by atoms with van der Waals surface area (Å²) in [7, 11) is 0. The van der Waals surface area contributed by atoms with Crippen LogP contribution >= 0.6 is 0 Å². The first-order valence-electron chi connectivity index (χ1n) is 14.4. The summed E-state index contributed by atoms with van der Waals surface area (Å²) in [5.74, 6) is 6.70. The average Bonchev–Trinajstić information content (AvgIpc) is 3.46. The van der Waals surface area contributed by atoms with Crippen LogP contribution in [-0.4, -0.2) is 48.3 Å². The van der Waals surface area contributed by atoms with Gasteiger partial charge in [-0.2, -0.15) is 4.98 Å². The highest BCUT2D eigenvalue weighted by Gasteiger charge is 2.30. The molecule has 0 amide bonds. The van der Waals surface area contributed by atoms with Crippen LogP contribution in [-0.2, 0) is 0 Å². The predicted molar refractivity (Wildman–Crippen MR) is 147 cm³/mol. The van der Waals surface area contributed by atoms with E-state index >= 15 is 0 Å². The number of hydrogen-bond donors (Lipinski definition) is 2. The van der Waals surface area contributed by atoms with Crippen molar-refractivity contribution in [1.82, 2.24) is 29.7 Å². The van der Waals surface area contributed by atoms with Gasteiger partial charge in [-0.25, -0.2) is 19.3 Å². The Balaban J connectivity index is 1.50. The molecule has 10 heteroatoms. The van der Waals surface area contributed by atoms with E-state index in [2.05, 4.69) is 53.1 Å². The summed E-state index contributed by atoms with van der Waals surface area (Å²) < 4.78 is 6.78. The maximum atomic E-state index is 11.7. The number of aromatic amines is 1. The van der Waals surface area contributed by atoms with Gasteiger partial charge in [0, 0.05) is 30.6 Å². The van der Waals surface area contributed by atoms with Gasteiger partial charge in [0.25, 0.3) is 0 Å². The van der Waals surface area contributed by atoms with E-state index in [1.165, 1.54) is 38.5 Å². The molecular formula is C28H38N8O2. The van der Waals surface area contributed by atoms with Gasteiger partial charge in [-0.3, -0.25) is 9.51 Å². The van der Waals surface area contributed by atoms with Crippen LogP contribution in [0.5, 0.6) is 0 Å². The monoisotopic (exact) mass is 518 g/mol. The summed E-state index contributed by atoms with van der Waals surface area (Å²) in [5, 5.41) is 7.51. The van der Waals surface area contributed by atoms with E-state index in [0.29, 0.717) is 29.3 Å². The standard InChI is InChI=1S/C28H38N8O2/c1-17-10-12-20(13-11-17)14-16-36-22-23(29-19(3)21-8-6-9-21)30-25(26-33-28(37)38-34-26)31-24(22)32-27(36)35-15-5-4-7-18(35)2/h17-21H,4-13,15H2,1-3H3,(H,29,30,31)(H,33,34,37)/t17-,18?,19-,20-/m1/s1. The van der Waals surface area contributed by atoms with Gasteiger partial charge in [-0.1, -0.05) is 24.4 Å². The average molecular weight is 519 g/mol. The lowest BCUT2D eigenvalue weighted by molar-refractivity contribution is 0.285. The van der Waals surface area contributed by atoms with Crippen LogP contribution in [0.15, 0.2) is 9.32 Å². The highest BCUT2D eigenvalue weighted by atomic mass is 16.5. The first kappa shape index (κ1) is 25.0. The molecule has 0 spiro atoms. The van der Waals surface area contributed by atoms with Gasteiger partial charge in [0.05, 0.1) is 0 Å². The zero-order valence-electron chi connectivity index (χ0n) is 22.7. The van der Waals surface area contributed by atoms with E-state index in [9.17, 15) is 4.79 Å². The minimum absolute atomic E-state index is 0.195. The Bertz CT molecular complexity index is 1400. The molecule has 38 heavy (non-hydrogen) atoms. The fraction of sp³-hybridized carbons (Fsp3) is 0.679. The second-order valence-corrected chi connectivity index (χ2v) is 11.6. The van der Waals surface area contributed by atoms with Crippen molar-refractivity contribution < 1.29 is 4.52 Å². The number of hydrogen-bond acceptors (Lipinski definition) is 8. The quantitative estimate of drug-likeness (QED) is 0.463. The fourth-order valence-corrected chi connectivity index (χ4v) is 6.03. The Morgan fingerprint density at radius 3 is 2.53 bits per heavy atom. The second kappa shape index (κ2) is 10.4. The maximum Gasteiger partial charge on any atom is 0.439 e. The van der Waals surface area contributed by atoms with Crippen molar-refractivity contribution >= 4 is 22.9 Å². The lowest BCUT2D eigenvalue weighted by atomic mass is 9.80. The van der Waals surface area contributed by atoms with Crippen LogP contribution in [0.25, 0.3) is 22.8 Å². The molecular weight excluding hydrogens is 480 g/mol. The number of rotatable bonds is 5. The zero-order chi connectivity index (χ0) is 26.2. The second-order valence-electron chi connectivity index (χ2n) is 11.6. The number of fused-ring (bicyclic) bond motifs is 1. The normalized spacial score (nSPS) is 25.0. The third-order valence-electron chi connectivity index (χ3n) is 8.82. The summed E-state index contributed by atoms with van der Waals surface area (Å²) >= 11 is 0. The zero-order valence-corrected chi connectivity index (χ0v) is 22.7. The van der Waals surface area contributed by atoms with Crippen LogP contribution in [0.2, 0.25) is 0 Å². The van der Waals surface area contributed by atoms with Crippen molar-refractivity contribution in [1.29, 1.82) is 0 Å². The van der Waals surface area contributed by atoms with E-state index in [1.54, 1.807) is 0 Å². The Morgan fingerprint density at radius 1 is 1.03 bits per heavy atom. The van der Waals surface area contributed by atoms with E-state index in [1.807, 2.05) is 4.57 Å². The molecule has 202 valence electrons. The summed E-state index contributed by atoms with van der Waals surface area (Å²) in [6, 6.07) is 4.12. The van der Waals surface area contributed by atoms with Crippen LogP contribution in [0.1, 0.15) is 85.0 Å². The summed E-state index contributed by atoms with van der Waals surface area (Å²) in [4.78, 5) is 31.3. The van der Waals surface area contributed by atoms with Gasteiger partial charge < -0.3 is 10.2 Å². The van der Waals surface area contributed by atoms with Crippen LogP contribution in [0.3, 0.4) is 0 Å². The van der Waals surface area contributed by atoms with E-state index in [4.69, 9.17) is 19.5 Å². The molecule has 6 rings (SSSR count). The Morgan fingerprint density at radius 2 is 1.84 bits per heavy atom. The topological polar surface area (TPSA) is 118 Å². The number of nitrogens with one attached hydrogen (secondary N) is 2. The highest BCUT2D eigenvalue weighted by Crippen LogP contribution is 2.35. The summed E-state index contributed by atoms with van der Waals surface area (Å²) in [6.07, 6.45) is 11.9. The maximum absolute atomic E-state index is 11.7. The molecule has 1 saturated heterocycles. The minimum atomic E-state index is -0.637. The predicted octanol–water partition coefficient (Wildman–Crippen LogP) is 4.78. The molecule has 3 aromatic rings. The largest absolute Gasteiger partial charge is 0.439 e. The first-order chi connectivity index (χ1) is 18.5. The van der Waals surface area contributed by atoms with Gasteiger partial charge in [0.2, 0.25) is 17.6 Å². The van der Waals surface area contributed by atoms with Crippen molar-refractivity contribution in [3.63, 3.8) is 0 Å². The molecule has 3 aromatic heterocycles. The van der Waals surface area contributed by atoms with Crippen molar-refractivity contribution in [2.24, 2.45) is 17.8 Å². The molecule has 0 aromatic carbocycles. The van der Waals surface area contributed by atoms with E-state index in [-0.39, 0.29) is 17.7 Å². The SMILES string of the molecule is CC1CCCCN1c1nc2nc(-c3noc(=O)[nH]3)nc(N[C@H](C)C3CCC3)c2n1C#C[C@H]1CC[C@H](C)CC1. The molecule has 3 fully saturated rings. The number of anilines is 2. The molecule has 10 nitrogen and oxygen atoms in total. The Kier molecular flexibility index (Phi) is 6.85. The van der Waals surface area contributed by atoms with Crippen molar-refractivity contribution in [2.45, 2.75) is 97.1 Å². The number of aromatic nitrogens is 6. The number of H-pyrrole nitrogens is 1. The Hall–Kier alpha value is -3.35. The van der Waals surface area contributed by atoms with Crippen LogP contribution in [0, 0.1) is 29.7 Å². The molecule has 1 unspecified atom stereocenters. The molecule has 2 atom stereocenters. The third-order valence-corrected chi connectivity index (χ3v) is 8.82. The fourth-order valence-electron chi connectivity index (χ4n) is 6.03. The third kappa shape index (κ3) is 4.91. The molecule has 1 aliphatic heterocycles. The van der Waals surface area contributed by atoms with Crippen LogP contribution in [0.4, 0.5) is 11.8 Å².